The average Bonchev–Trinajstić information content (AvgIpc) is 2.55. The highest BCUT2D eigenvalue weighted by atomic mass is 16.5. The van der Waals surface area contributed by atoms with Crippen molar-refractivity contribution in [2.45, 2.75) is 106 Å². The Morgan fingerprint density at radius 2 is 1.38 bits per heavy atom. The summed E-state index contributed by atoms with van der Waals surface area (Å²) in [6, 6.07) is 0. The number of carbonyl (C=O) groups is 2. The molecule has 0 atom stereocenters. The molecule has 0 bridgehead atoms. The lowest BCUT2D eigenvalue weighted by molar-refractivity contribution is -0.121. The van der Waals surface area contributed by atoms with Gasteiger partial charge in [0.25, 0.3) is 0 Å². The highest BCUT2D eigenvalue weighted by Gasteiger charge is 2.22. The van der Waals surface area contributed by atoms with Crippen molar-refractivity contribution in [1.82, 2.24) is 5.32 Å². The molecule has 0 saturated heterocycles. The van der Waals surface area contributed by atoms with Gasteiger partial charge in [-0.1, -0.05) is 27.7 Å². The molecule has 0 unspecified atom stereocenters. The van der Waals surface area contributed by atoms with Gasteiger partial charge in [-0.05, 0) is 60.3 Å². The lowest BCUT2D eigenvalue weighted by Crippen LogP contribution is -2.34. The molecule has 0 heterocycles. The highest BCUT2D eigenvalue weighted by molar-refractivity contribution is 5.75. The van der Waals surface area contributed by atoms with Gasteiger partial charge in [0, 0.05) is 19.6 Å². The fourth-order valence-corrected chi connectivity index (χ4v) is 1.91. The summed E-state index contributed by atoms with van der Waals surface area (Å²) in [5.41, 5.74) is -0.359. The molecule has 0 aromatic carbocycles. The van der Waals surface area contributed by atoms with E-state index in [4.69, 9.17) is 14.3 Å². The second kappa shape index (κ2) is 18.8. The molecule has 5 nitrogen and oxygen atoms in total. The van der Waals surface area contributed by atoms with Crippen LogP contribution in [-0.4, -0.2) is 43.2 Å². The number of hydrogen-bond donors (Lipinski definition) is 1. The summed E-state index contributed by atoms with van der Waals surface area (Å²) in [6.45, 7) is 20.0. The Bertz CT molecular complexity index is 328. The van der Waals surface area contributed by atoms with E-state index >= 15 is 0 Å². The number of rotatable bonds is 12. The van der Waals surface area contributed by atoms with Crippen LogP contribution in [-0.2, 0) is 19.1 Å². The van der Waals surface area contributed by atoms with Crippen molar-refractivity contribution >= 4 is 12.2 Å². The molecule has 0 aliphatic rings. The first-order valence-corrected chi connectivity index (χ1v) is 10.1. The molecule has 5 heteroatoms. The van der Waals surface area contributed by atoms with E-state index in [1.54, 1.807) is 0 Å². The van der Waals surface area contributed by atoms with E-state index in [9.17, 15) is 4.79 Å². The van der Waals surface area contributed by atoms with Crippen LogP contribution in [0.3, 0.4) is 0 Å². The normalized spacial score (nSPS) is 10.8. The number of ether oxygens (including phenoxy) is 2. The molecule has 0 fully saturated rings. The topological polar surface area (TPSA) is 64.6 Å². The minimum Gasteiger partial charge on any atom is -0.375 e. The molecule has 0 rings (SSSR count). The SMILES string of the molecule is CC.CC=O.CCCOC(C)(C)CCOC(C)(C)CCNC(=O)CCC. The predicted octanol–water partition coefficient (Wildman–Crippen LogP) is 4.91. The summed E-state index contributed by atoms with van der Waals surface area (Å²) in [5, 5.41) is 2.93. The zero-order chi connectivity index (χ0) is 21.1. The first kappa shape index (κ1) is 29.8. The molecule has 26 heavy (non-hydrogen) atoms. The van der Waals surface area contributed by atoms with Crippen LogP contribution in [0.5, 0.6) is 0 Å². The lowest BCUT2D eigenvalue weighted by atomic mass is 10.0. The third kappa shape index (κ3) is 23.1. The number of carbonyl (C=O) groups excluding carboxylic acids is 2. The van der Waals surface area contributed by atoms with Gasteiger partial charge in [-0.3, -0.25) is 4.79 Å². The van der Waals surface area contributed by atoms with Crippen LogP contribution in [0, 0.1) is 0 Å². The van der Waals surface area contributed by atoms with Crippen molar-refractivity contribution < 1.29 is 19.1 Å². The fourth-order valence-electron chi connectivity index (χ4n) is 1.91. The van der Waals surface area contributed by atoms with Gasteiger partial charge in [-0.15, -0.1) is 0 Å². The number of amides is 1. The fraction of sp³-hybridized carbons (Fsp3) is 0.905. The monoisotopic (exact) mass is 375 g/mol. The Kier molecular flexibility index (Phi) is 21.6. The zero-order valence-electron chi connectivity index (χ0n) is 18.9. The van der Waals surface area contributed by atoms with Gasteiger partial charge in [-0.25, -0.2) is 0 Å². The molecule has 0 radical (unpaired) electrons. The van der Waals surface area contributed by atoms with Gasteiger partial charge in [-0.2, -0.15) is 0 Å². The molecule has 158 valence electrons. The molecule has 0 aromatic heterocycles. The minimum absolute atomic E-state index is 0.127. The molecule has 1 amide bonds. The standard InChI is InChI=1S/C17H35NO3.C2H4O.C2H6/c1-7-9-15(19)18-12-10-16(3,4)21-14-11-17(5,6)20-13-8-2;1-2-3;1-2/h7-14H2,1-6H3,(H,18,19);2H,1H3;1-2H3. The maximum atomic E-state index is 11.4. The first-order chi connectivity index (χ1) is 12.1. The number of aldehydes is 1. The molecule has 1 N–H and O–H groups in total. The smallest absolute Gasteiger partial charge is 0.219 e. The Morgan fingerprint density at radius 1 is 0.923 bits per heavy atom. The van der Waals surface area contributed by atoms with Crippen molar-refractivity contribution in [1.29, 1.82) is 0 Å². The van der Waals surface area contributed by atoms with E-state index in [0.717, 1.165) is 38.6 Å². The van der Waals surface area contributed by atoms with Crippen molar-refractivity contribution in [3.63, 3.8) is 0 Å². The molecule has 0 spiro atoms. The number of hydrogen-bond acceptors (Lipinski definition) is 4. The van der Waals surface area contributed by atoms with E-state index in [-0.39, 0.29) is 17.1 Å². The van der Waals surface area contributed by atoms with Gasteiger partial charge < -0.3 is 19.6 Å². The summed E-state index contributed by atoms with van der Waals surface area (Å²) < 4.78 is 11.8. The van der Waals surface area contributed by atoms with E-state index in [1.165, 1.54) is 6.92 Å². The van der Waals surface area contributed by atoms with Gasteiger partial charge in [0.1, 0.15) is 6.29 Å². The summed E-state index contributed by atoms with van der Waals surface area (Å²) >= 11 is 0. The highest BCUT2D eigenvalue weighted by Crippen LogP contribution is 2.19. The van der Waals surface area contributed by atoms with E-state index in [0.29, 0.717) is 19.6 Å². The van der Waals surface area contributed by atoms with Crippen LogP contribution >= 0.6 is 0 Å². The summed E-state index contributed by atoms with van der Waals surface area (Å²) in [6.07, 6.45) is 4.97. The lowest BCUT2D eigenvalue weighted by Gasteiger charge is -2.29. The average molecular weight is 376 g/mol. The Hall–Kier alpha value is -0.940. The van der Waals surface area contributed by atoms with E-state index in [1.807, 2.05) is 20.8 Å². The second-order valence-corrected chi connectivity index (χ2v) is 7.05. The van der Waals surface area contributed by atoms with Gasteiger partial charge in [0.15, 0.2) is 0 Å². The van der Waals surface area contributed by atoms with Crippen molar-refractivity contribution in [2.24, 2.45) is 0 Å². The Balaban J connectivity index is -0.000000950. The molecule has 0 aliphatic carbocycles. The van der Waals surface area contributed by atoms with Crippen LogP contribution < -0.4 is 5.32 Å². The maximum Gasteiger partial charge on any atom is 0.219 e. The maximum absolute atomic E-state index is 11.4. The first-order valence-electron chi connectivity index (χ1n) is 10.1. The third-order valence-electron chi connectivity index (χ3n) is 3.42. The molecule has 0 saturated carbocycles. The Labute approximate surface area is 162 Å². The molecule has 0 aliphatic heterocycles. The summed E-state index contributed by atoms with van der Waals surface area (Å²) in [4.78, 5) is 20.2. The molecular formula is C21H45NO4. The summed E-state index contributed by atoms with van der Waals surface area (Å²) in [5.74, 6) is 0.127. The quantitative estimate of drug-likeness (QED) is 0.492. The van der Waals surface area contributed by atoms with E-state index in [2.05, 4.69) is 39.9 Å². The van der Waals surface area contributed by atoms with Gasteiger partial charge >= 0.3 is 0 Å². The molecular weight excluding hydrogens is 330 g/mol. The minimum atomic E-state index is -0.222. The summed E-state index contributed by atoms with van der Waals surface area (Å²) in [7, 11) is 0. The van der Waals surface area contributed by atoms with Crippen LogP contribution in [0.25, 0.3) is 0 Å². The second-order valence-electron chi connectivity index (χ2n) is 7.05. The van der Waals surface area contributed by atoms with Crippen LogP contribution in [0.1, 0.15) is 94.4 Å². The van der Waals surface area contributed by atoms with E-state index < -0.39 is 0 Å². The van der Waals surface area contributed by atoms with Gasteiger partial charge in [0.05, 0.1) is 17.8 Å². The van der Waals surface area contributed by atoms with Crippen molar-refractivity contribution in [3.8, 4) is 0 Å². The van der Waals surface area contributed by atoms with Crippen molar-refractivity contribution in [2.75, 3.05) is 19.8 Å². The molecule has 0 aromatic rings. The van der Waals surface area contributed by atoms with Crippen LogP contribution in [0.15, 0.2) is 0 Å². The largest absolute Gasteiger partial charge is 0.375 e. The third-order valence-corrected chi connectivity index (χ3v) is 3.42. The number of nitrogens with one attached hydrogen (secondary N) is 1. The Morgan fingerprint density at radius 3 is 1.85 bits per heavy atom. The van der Waals surface area contributed by atoms with Gasteiger partial charge in [0.2, 0.25) is 5.91 Å². The van der Waals surface area contributed by atoms with Crippen molar-refractivity contribution in [3.05, 3.63) is 0 Å². The predicted molar refractivity (Wildman–Crippen MR) is 111 cm³/mol. The van der Waals surface area contributed by atoms with Crippen LogP contribution in [0.2, 0.25) is 0 Å². The zero-order valence-corrected chi connectivity index (χ0v) is 18.9. The van der Waals surface area contributed by atoms with Crippen LogP contribution in [0.4, 0.5) is 0 Å².